The van der Waals surface area contributed by atoms with Gasteiger partial charge in [-0.1, -0.05) is 222 Å². The Balaban J connectivity index is 0.000000178. The van der Waals surface area contributed by atoms with Gasteiger partial charge in [-0.25, -0.2) is 14.0 Å². The number of para-hydroxylation sites is 12. The first-order valence-electron chi connectivity index (χ1n) is 36.7. The van der Waals surface area contributed by atoms with Crippen LogP contribution in [-0.2, 0) is 0 Å². The lowest BCUT2D eigenvalue weighted by Gasteiger charge is -2.07. The van der Waals surface area contributed by atoms with Crippen LogP contribution in [0.1, 0.15) is 11.1 Å². The Kier molecular flexibility index (Phi) is 36.8. The number of azide groups is 1. The average molecular weight is 1870 g/mol. The Labute approximate surface area is 734 Å². The zero-order valence-electron chi connectivity index (χ0n) is 67.1. The molecule has 15 aromatic rings. The Morgan fingerprint density at radius 2 is 0.851 bits per heavy atom. The Hall–Kier alpha value is -13.9. The van der Waals surface area contributed by atoms with Crippen LogP contribution >= 0.6 is 56.9 Å². The number of aromatic nitrogens is 9. The van der Waals surface area contributed by atoms with Gasteiger partial charge in [-0.3, -0.25) is 10.1 Å². The molecule has 0 aliphatic rings. The number of nitro groups is 1. The van der Waals surface area contributed by atoms with Gasteiger partial charge >= 0.3 is 7.12 Å². The quantitative estimate of drug-likeness (QED) is 0.00602. The van der Waals surface area contributed by atoms with Crippen LogP contribution in [0.2, 0.25) is 19.6 Å². The number of methoxy groups -OCH3 is 5. The molecule has 0 saturated carbocycles. The van der Waals surface area contributed by atoms with Crippen LogP contribution in [0.25, 0.3) is 61.3 Å². The highest BCUT2D eigenvalue weighted by Gasteiger charge is 2.18. The minimum Gasteiger partial charge on any atom is -0.497 e. The molecule has 0 spiro atoms. The first-order valence-corrected chi connectivity index (χ1v) is 43.1. The van der Waals surface area contributed by atoms with Crippen LogP contribution in [0.4, 0.5) is 34.1 Å². The lowest BCUT2D eigenvalue weighted by Crippen LogP contribution is -2.30. The minimum atomic E-state index is -1.47. The van der Waals surface area contributed by atoms with Crippen molar-refractivity contribution in [3.63, 3.8) is 0 Å². The third-order valence-corrected chi connectivity index (χ3v) is 20.4. The van der Waals surface area contributed by atoms with Gasteiger partial charge < -0.3 is 56.7 Å². The minimum absolute atomic E-state index is 0.0717. The number of non-ortho nitro benzene ring substituents is 1. The number of rotatable bonds is 16. The second kappa shape index (κ2) is 48.1. The third-order valence-electron chi connectivity index (χ3n) is 16.5. The second-order valence-electron chi connectivity index (χ2n) is 25.9. The van der Waals surface area contributed by atoms with E-state index in [0.717, 1.165) is 102 Å². The van der Waals surface area contributed by atoms with Gasteiger partial charge in [0.15, 0.2) is 0 Å². The van der Waals surface area contributed by atoms with Crippen LogP contribution in [0.5, 0.6) is 28.7 Å². The summed E-state index contributed by atoms with van der Waals surface area (Å²) in [6.07, 6.45) is 10.7. The predicted molar refractivity (Wildman–Crippen MR) is 502 cm³/mol. The number of ether oxygens (including phenoxy) is 5. The molecule has 121 heavy (non-hydrogen) atoms. The number of hydrogen-bond donors (Lipinski definition) is 6. The van der Waals surface area contributed by atoms with E-state index >= 15 is 0 Å². The Morgan fingerprint density at radius 3 is 1.26 bits per heavy atom. The first-order chi connectivity index (χ1) is 58.5. The molecule has 0 aliphatic heterocycles. The van der Waals surface area contributed by atoms with E-state index in [2.05, 4.69) is 129 Å². The standard InChI is InChI=1S/C21H16N4O3S.C15H12IN3O.C15H14N4O.C11H15NSi.C8H7N.C7H9BO3.C7H7N3O.C6H6IN/c1-28-20-8-4-3-7-19(20)24-14-18(22-23-24)17-6-2-5-9-21(17)29-16-12-10-15(11-13-16)25(26)27;2*1-20-15-9-5-4-8-14(15)19-10-13(17-18-19)11-6-2-3-7-12(11)16;1-13(2,3)9-8-10-6-4-5-7-11(10)12;1-2-7-5-3-4-6-8(7)9;1-11-7-5-3-2-4-6(7)8(9)10;1-11-7-5-3-2-4-6(7)9-10-8;7-5-3-1-2-4-6(5)8/h2-14H,1H3;2-10H,1H3;2-10H,16H2,1H3;4-7H,12H2,1-3H3;1,3-6H,9H2;2-5,9-10H,1H3;2-5H,1H3;1-4H,8H2. The topological polar surface area (TPSA) is 375 Å². The summed E-state index contributed by atoms with van der Waals surface area (Å²) in [7, 11) is 5.17. The molecule has 0 radical (unpaired) electrons. The lowest BCUT2D eigenvalue weighted by molar-refractivity contribution is -0.384. The summed E-state index contributed by atoms with van der Waals surface area (Å²) >= 11 is 6.02. The number of hydrogen-bond acceptors (Lipinski definition) is 21. The van der Waals surface area contributed by atoms with Gasteiger partial charge in [0.25, 0.3) is 5.69 Å². The van der Waals surface area contributed by atoms with E-state index in [9.17, 15) is 10.1 Å². The predicted octanol–water partition coefficient (Wildman–Crippen LogP) is 18.7. The molecule has 10 N–H and O–H groups in total. The molecular weight excluding hydrogens is 1790 g/mol. The van der Waals surface area contributed by atoms with Crippen molar-refractivity contribution in [2.75, 3.05) is 58.5 Å². The molecule has 0 atom stereocenters. The fourth-order valence-corrected chi connectivity index (χ4v) is 13.0. The molecule has 3 aromatic heterocycles. The summed E-state index contributed by atoms with van der Waals surface area (Å²) in [6, 6.07) is 89.6. The maximum absolute atomic E-state index is 10.8. The molecule has 0 aliphatic carbocycles. The number of nitrogens with zero attached hydrogens (tertiary/aromatic N) is 13. The monoisotopic (exact) mass is 1870 g/mol. The number of terminal acetylenes is 1. The van der Waals surface area contributed by atoms with Crippen molar-refractivity contribution in [2.24, 2.45) is 5.11 Å². The van der Waals surface area contributed by atoms with Gasteiger partial charge in [-0.15, -0.1) is 27.3 Å². The van der Waals surface area contributed by atoms with E-state index in [1.54, 1.807) is 96.0 Å². The first kappa shape index (κ1) is 92.6. The number of halogens is 2. The van der Waals surface area contributed by atoms with Crippen molar-refractivity contribution in [3.8, 4) is 103 Å². The number of nitrogen functional groups attached to an aromatic ring is 4. The van der Waals surface area contributed by atoms with E-state index < -0.39 is 20.1 Å². The number of nitrogens with two attached hydrogens (primary N) is 4. The van der Waals surface area contributed by atoms with E-state index in [0.29, 0.717) is 39.8 Å². The molecule has 3 heterocycles. The van der Waals surface area contributed by atoms with Crippen molar-refractivity contribution < 1.29 is 38.7 Å². The van der Waals surface area contributed by atoms with Gasteiger partial charge in [-0.2, -0.15) is 0 Å². The van der Waals surface area contributed by atoms with E-state index in [-0.39, 0.29) is 5.69 Å². The van der Waals surface area contributed by atoms with Crippen molar-refractivity contribution in [1.29, 1.82) is 0 Å². The number of anilines is 4. The highest BCUT2D eigenvalue weighted by Crippen LogP contribution is 2.37. The zero-order valence-corrected chi connectivity index (χ0v) is 73.3. The van der Waals surface area contributed by atoms with Crippen LogP contribution in [0.15, 0.2) is 325 Å². The summed E-state index contributed by atoms with van der Waals surface area (Å²) in [6.45, 7) is 6.66. The van der Waals surface area contributed by atoms with Gasteiger partial charge in [0.05, 0.1) is 64.8 Å². The van der Waals surface area contributed by atoms with Crippen LogP contribution in [-0.4, -0.2) is 111 Å². The number of nitro benzene ring substituents is 1. The Bertz CT molecular complexity index is 5860. The lowest BCUT2D eigenvalue weighted by atomic mass is 9.80. The van der Waals surface area contributed by atoms with Crippen LogP contribution in [0.3, 0.4) is 0 Å². The number of benzene rings is 12. The molecule has 0 bridgehead atoms. The molecule has 12 aromatic carbocycles. The fourth-order valence-electron chi connectivity index (χ4n) is 10.5. The van der Waals surface area contributed by atoms with Crippen LogP contribution < -0.4 is 52.1 Å². The van der Waals surface area contributed by atoms with Crippen molar-refractivity contribution in [2.45, 2.75) is 29.4 Å². The van der Waals surface area contributed by atoms with Crippen molar-refractivity contribution in [3.05, 3.63) is 349 Å². The molecule has 0 saturated heterocycles. The van der Waals surface area contributed by atoms with Gasteiger partial charge in [0, 0.05) is 90.0 Å². The maximum Gasteiger partial charge on any atom is 0.492 e. The smallest absolute Gasteiger partial charge is 0.492 e. The van der Waals surface area contributed by atoms with Gasteiger partial charge in [0.1, 0.15) is 71.0 Å². The summed E-state index contributed by atoms with van der Waals surface area (Å²) in [5, 5.41) is 57.3. The van der Waals surface area contributed by atoms with E-state index in [1.165, 1.54) is 38.1 Å². The summed E-state index contributed by atoms with van der Waals surface area (Å²) in [4.78, 5) is 15.0. The van der Waals surface area contributed by atoms with Gasteiger partial charge in [0.2, 0.25) is 0 Å². The van der Waals surface area contributed by atoms with Crippen molar-refractivity contribution >= 4 is 112 Å². The summed E-state index contributed by atoms with van der Waals surface area (Å²) in [5.41, 5.74) is 47.5. The zero-order chi connectivity index (χ0) is 87.1. The Morgan fingerprint density at radius 1 is 0.471 bits per heavy atom. The molecule has 0 amide bonds. The van der Waals surface area contributed by atoms with Crippen molar-refractivity contribution in [1.82, 2.24) is 45.0 Å². The fraction of sp³-hybridized carbons (Fsp3) is 0.0889. The highest BCUT2D eigenvalue weighted by atomic mass is 127. The molecule has 15 rings (SSSR count). The SMILES string of the molecule is C#Cc1ccccc1N.COc1ccccc1-n1cc(-c2ccccc2I)nn1.COc1ccccc1-n1cc(-c2ccccc2N)nn1.COc1ccccc1-n1cc(-c2ccccc2Sc2ccc([N+](=O)[O-])cc2)nn1.COc1ccccc1B(O)O.COc1ccccc1N=[N+]=[N-].C[Si](C)(C)C#Cc1ccccc1N.Nc1ccccc1I. The molecule has 0 fully saturated rings. The molecule has 612 valence electrons. The summed E-state index contributed by atoms with van der Waals surface area (Å²) in [5.74, 6) is 8.90. The second-order valence-corrected chi connectivity index (χ2v) is 34.1. The molecular formula is C90H86BI2N17O9SSi. The average Bonchev–Trinajstić information content (AvgIpc) is 1.66. The maximum atomic E-state index is 10.8. The highest BCUT2D eigenvalue weighted by molar-refractivity contribution is 14.1. The van der Waals surface area contributed by atoms with Gasteiger partial charge in [-0.05, 0) is 172 Å². The molecule has 26 nitrogen and oxygen atoms in total. The third kappa shape index (κ3) is 28.4. The normalized spacial score (nSPS) is 9.98. The molecule has 0 unspecified atom stereocenters. The summed E-state index contributed by atoms with van der Waals surface area (Å²) < 4.78 is 33.3. The van der Waals surface area contributed by atoms with E-state index in [4.69, 9.17) is 68.6 Å². The van der Waals surface area contributed by atoms with Crippen LogP contribution in [0, 0.1) is 41.1 Å². The molecule has 31 heteroatoms. The van der Waals surface area contributed by atoms with E-state index in [1.807, 2.05) is 231 Å². The largest absolute Gasteiger partial charge is 0.497 e.